The van der Waals surface area contributed by atoms with Gasteiger partial charge in [-0.05, 0) is 12.1 Å². The Bertz CT molecular complexity index is 360. The van der Waals surface area contributed by atoms with E-state index in [4.69, 9.17) is 4.74 Å². The van der Waals surface area contributed by atoms with E-state index in [1.807, 2.05) is 29.9 Å². The summed E-state index contributed by atoms with van der Waals surface area (Å²) in [5.41, 5.74) is 1.06. The zero-order valence-electron chi connectivity index (χ0n) is 8.89. The third-order valence-electron chi connectivity index (χ3n) is 2.80. The minimum absolute atomic E-state index is 0.145. The van der Waals surface area contributed by atoms with Gasteiger partial charge < -0.3 is 9.30 Å². The summed E-state index contributed by atoms with van der Waals surface area (Å²) in [5, 5.41) is 9.23. The van der Waals surface area contributed by atoms with Gasteiger partial charge in [-0.3, -0.25) is 4.90 Å². The second-order valence-corrected chi connectivity index (χ2v) is 3.72. The molecule has 1 aromatic heterocycles. The van der Waals surface area contributed by atoms with E-state index >= 15 is 0 Å². The van der Waals surface area contributed by atoms with Crippen molar-refractivity contribution < 1.29 is 4.74 Å². The fourth-order valence-corrected chi connectivity index (χ4v) is 1.93. The highest BCUT2D eigenvalue weighted by molar-refractivity contribution is 5.18. The lowest BCUT2D eigenvalue weighted by Crippen LogP contribution is -2.39. The molecule has 1 aromatic rings. The van der Waals surface area contributed by atoms with Crippen LogP contribution in [0.2, 0.25) is 0 Å². The Hall–Kier alpha value is -1.31. The molecular formula is C11H15N3O. The Kier molecular flexibility index (Phi) is 3.05. The number of ether oxygens (including phenoxy) is 1. The van der Waals surface area contributed by atoms with E-state index < -0.39 is 0 Å². The van der Waals surface area contributed by atoms with Crippen molar-refractivity contribution in [1.29, 1.82) is 5.26 Å². The minimum atomic E-state index is -0.145. The topological polar surface area (TPSA) is 41.2 Å². The predicted octanol–water partition coefficient (Wildman–Crippen LogP) is 0.922. The van der Waals surface area contributed by atoms with Gasteiger partial charge in [0.2, 0.25) is 0 Å². The molecule has 1 aliphatic heterocycles. The Labute approximate surface area is 89.7 Å². The summed E-state index contributed by atoms with van der Waals surface area (Å²) in [6.07, 6.45) is 1.97. The molecule has 0 saturated carbocycles. The minimum Gasteiger partial charge on any atom is -0.379 e. The van der Waals surface area contributed by atoms with Crippen LogP contribution in [0, 0.1) is 11.3 Å². The average Bonchev–Trinajstić information content (AvgIpc) is 2.68. The predicted molar refractivity (Wildman–Crippen MR) is 56.2 cm³/mol. The molecule has 0 aromatic carbocycles. The number of nitriles is 1. The van der Waals surface area contributed by atoms with E-state index in [9.17, 15) is 5.26 Å². The van der Waals surface area contributed by atoms with Crippen molar-refractivity contribution in [2.45, 2.75) is 6.04 Å². The molecule has 0 amide bonds. The molecule has 1 aliphatic rings. The highest BCUT2D eigenvalue weighted by atomic mass is 16.5. The number of morpholine rings is 1. The summed E-state index contributed by atoms with van der Waals surface area (Å²) in [7, 11) is 1.97. The molecule has 0 unspecified atom stereocenters. The zero-order valence-corrected chi connectivity index (χ0v) is 8.89. The van der Waals surface area contributed by atoms with Crippen LogP contribution in [0.25, 0.3) is 0 Å². The first-order chi connectivity index (χ1) is 7.33. The lowest BCUT2D eigenvalue weighted by molar-refractivity contribution is 0.0255. The molecule has 0 N–H and O–H groups in total. The van der Waals surface area contributed by atoms with Gasteiger partial charge in [0.15, 0.2) is 0 Å². The lowest BCUT2D eigenvalue weighted by atomic mass is 10.2. The molecule has 0 radical (unpaired) electrons. The number of nitrogens with zero attached hydrogens (tertiary/aromatic N) is 3. The largest absolute Gasteiger partial charge is 0.379 e. The molecular weight excluding hydrogens is 190 g/mol. The SMILES string of the molecule is Cn1cccc1[C@H](C#N)N1CCOCC1. The smallest absolute Gasteiger partial charge is 0.139 e. The maximum atomic E-state index is 9.23. The molecule has 0 aliphatic carbocycles. The Morgan fingerprint density at radius 3 is 2.73 bits per heavy atom. The standard InChI is InChI=1S/C11H15N3O/c1-13-4-2-3-10(13)11(9-12)14-5-7-15-8-6-14/h2-4,11H,5-8H2,1H3/t11-/m0/s1. The van der Waals surface area contributed by atoms with Gasteiger partial charge in [0, 0.05) is 32.0 Å². The van der Waals surface area contributed by atoms with Crippen LogP contribution in [-0.2, 0) is 11.8 Å². The maximum Gasteiger partial charge on any atom is 0.139 e. The first kappa shape index (κ1) is 10.2. The number of aryl methyl sites for hydroxylation is 1. The van der Waals surface area contributed by atoms with Crippen molar-refractivity contribution in [3.8, 4) is 6.07 Å². The Morgan fingerprint density at radius 1 is 1.47 bits per heavy atom. The highest BCUT2D eigenvalue weighted by Crippen LogP contribution is 2.20. The van der Waals surface area contributed by atoms with Gasteiger partial charge in [0.1, 0.15) is 6.04 Å². The van der Waals surface area contributed by atoms with Crippen molar-refractivity contribution in [3.05, 3.63) is 24.0 Å². The normalized spacial score (nSPS) is 19.7. The van der Waals surface area contributed by atoms with Gasteiger partial charge in [-0.1, -0.05) is 0 Å². The quantitative estimate of drug-likeness (QED) is 0.721. The van der Waals surface area contributed by atoms with Crippen LogP contribution in [0.4, 0.5) is 0 Å². The van der Waals surface area contributed by atoms with Gasteiger partial charge in [-0.2, -0.15) is 5.26 Å². The first-order valence-electron chi connectivity index (χ1n) is 5.15. The molecule has 1 fully saturated rings. The molecule has 0 bridgehead atoms. The lowest BCUT2D eigenvalue weighted by Gasteiger charge is -2.30. The van der Waals surface area contributed by atoms with E-state index in [0.717, 1.165) is 32.0 Å². The van der Waals surface area contributed by atoms with Crippen LogP contribution in [0.3, 0.4) is 0 Å². The molecule has 2 rings (SSSR count). The van der Waals surface area contributed by atoms with Gasteiger partial charge in [-0.15, -0.1) is 0 Å². The molecule has 2 heterocycles. The van der Waals surface area contributed by atoms with Gasteiger partial charge in [0.05, 0.1) is 19.3 Å². The summed E-state index contributed by atoms with van der Waals surface area (Å²) in [6, 6.07) is 6.20. The van der Waals surface area contributed by atoms with Crippen molar-refractivity contribution in [2.24, 2.45) is 7.05 Å². The fourth-order valence-electron chi connectivity index (χ4n) is 1.93. The molecule has 80 valence electrons. The molecule has 15 heavy (non-hydrogen) atoms. The van der Waals surface area contributed by atoms with E-state index in [0.29, 0.717) is 0 Å². The number of rotatable bonds is 2. The number of hydrogen-bond donors (Lipinski definition) is 0. The molecule has 0 spiro atoms. The summed E-state index contributed by atoms with van der Waals surface area (Å²) < 4.78 is 7.29. The second-order valence-electron chi connectivity index (χ2n) is 3.72. The first-order valence-corrected chi connectivity index (χ1v) is 5.15. The van der Waals surface area contributed by atoms with E-state index in [1.165, 1.54) is 0 Å². The Morgan fingerprint density at radius 2 is 2.20 bits per heavy atom. The third kappa shape index (κ3) is 2.04. The summed E-state index contributed by atoms with van der Waals surface area (Å²) >= 11 is 0. The molecule has 4 heteroatoms. The van der Waals surface area contributed by atoms with Gasteiger partial charge in [0.25, 0.3) is 0 Å². The van der Waals surface area contributed by atoms with Crippen LogP contribution >= 0.6 is 0 Å². The maximum absolute atomic E-state index is 9.23. The van der Waals surface area contributed by atoms with Crippen LogP contribution in [0.5, 0.6) is 0 Å². The van der Waals surface area contributed by atoms with Crippen molar-refractivity contribution in [1.82, 2.24) is 9.47 Å². The fraction of sp³-hybridized carbons (Fsp3) is 0.545. The molecule has 4 nitrogen and oxygen atoms in total. The summed E-state index contributed by atoms with van der Waals surface area (Å²) in [4.78, 5) is 2.17. The van der Waals surface area contributed by atoms with Crippen LogP contribution in [0.1, 0.15) is 11.7 Å². The molecule has 1 saturated heterocycles. The van der Waals surface area contributed by atoms with E-state index in [1.54, 1.807) is 0 Å². The zero-order chi connectivity index (χ0) is 10.7. The monoisotopic (exact) mass is 205 g/mol. The van der Waals surface area contributed by atoms with Crippen molar-refractivity contribution in [3.63, 3.8) is 0 Å². The highest BCUT2D eigenvalue weighted by Gasteiger charge is 2.23. The number of aromatic nitrogens is 1. The molecule has 1 atom stereocenters. The van der Waals surface area contributed by atoms with Gasteiger partial charge in [-0.25, -0.2) is 0 Å². The second kappa shape index (κ2) is 4.47. The third-order valence-corrected chi connectivity index (χ3v) is 2.80. The Balaban J connectivity index is 2.17. The van der Waals surface area contributed by atoms with E-state index in [-0.39, 0.29) is 6.04 Å². The van der Waals surface area contributed by atoms with Gasteiger partial charge >= 0.3 is 0 Å². The summed E-state index contributed by atoms with van der Waals surface area (Å²) in [5.74, 6) is 0. The van der Waals surface area contributed by atoms with E-state index in [2.05, 4.69) is 11.0 Å². The average molecular weight is 205 g/mol. The van der Waals surface area contributed by atoms with Crippen molar-refractivity contribution >= 4 is 0 Å². The summed E-state index contributed by atoms with van der Waals surface area (Å²) in [6.45, 7) is 3.12. The van der Waals surface area contributed by atoms with Crippen molar-refractivity contribution in [2.75, 3.05) is 26.3 Å². The number of hydrogen-bond acceptors (Lipinski definition) is 3. The van der Waals surface area contributed by atoms with Crippen LogP contribution < -0.4 is 0 Å². The van der Waals surface area contributed by atoms with Crippen LogP contribution in [0.15, 0.2) is 18.3 Å². The van der Waals surface area contributed by atoms with Crippen LogP contribution in [-0.4, -0.2) is 35.8 Å².